The second kappa shape index (κ2) is 4.13. The Balaban J connectivity index is 2.46. The van der Waals surface area contributed by atoms with Crippen molar-refractivity contribution >= 4 is 37.2 Å². The van der Waals surface area contributed by atoms with Gasteiger partial charge in [0.1, 0.15) is 0 Å². The van der Waals surface area contributed by atoms with Gasteiger partial charge in [-0.2, -0.15) is 0 Å². The molecule has 94 valence electrons. The molecule has 0 unspecified atom stereocenters. The molecular formula is C14H9NO3S. The largest absolute Gasteiger partial charge is 0.289 e. The van der Waals surface area contributed by atoms with E-state index in [0.717, 1.165) is 10.3 Å². The SMILES string of the molecule is Cc1ccc2sc3cc([N+](=O)[O-])ccc3c(=O)c2c1. The molecule has 0 aliphatic heterocycles. The molecule has 0 spiro atoms. The zero-order valence-corrected chi connectivity index (χ0v) is 10.9. The number of benzene rings is 2. The molecule has 0 amide bonds. The maximum absolute atomic E-state index is 12.4. The molecule has 0 saturated carbocycles. The number of hydrogen-bond acceptors (Lipinski definition) is 4. The predicted octanol–water partition coefficient (Wildman–Crippen LogP) is 3.63. The van der Waals surface area contributed by atoms with Gasteiger partial charge in [-0.15, -0.1) is 11.3 Å². The van der Waals surface area contributed by atoms with Crippen LogP contribution in [0.1, 0.15) is 5.56 Å². The lowest BCUT2D eigenvalue weighted by atomic mass is 10.1. The lowest BCUT2D eigenvalue weighted by Crippen LogP contribution is -2.01. The van der Waals surface area contributed by atoms with Gasteiger partial charge < -0.3 is 0 Å². The highest BCUT2D eigenvalue weighted by Gasteiger charge is 2.11. The highest BCUT2D eigenvalue weighted by atomic mass is 32.1. The summed E-state index contributed by atoms with van der Waals surface area (Å²) in [4.78, 5) is 22.7. The highest BCUT2D eigenvalue weighted by molar-refractivity contribution is 7.24. The second-order valence-corrected chi connectivity index (χ2v) is 5.45. The first kappa shape index (κ1) is 11.8. The van der Waals surface area contributed by atoms with Crippen LogP contribution in [0.2, 0.25) is 0 Å². The van der Waals surface area contributed by atoms with E-state index in [1.54, 1.807) is 0 Å². The third-order valence-electron chi connectivity index (χ3n) is 3.02. The first-order chi connectivity index (χ1) is 9.06. The highest BCUT2D eigenvalue weighted by Crippen LogP contribution is 2.27. The van der Waals surface area contributed by atoms with Crippen molar-refractivity contribution in [1.29, 1.82) is 0 Å². The Hall–Kier alpha value is -2.27. The van der Waals surface area contributed by atoms with Crippen LogP contribution in [0.4, 0.5) is 5.69 Å². The lowest BCUT2D eigenvalue weighted by Gasteiger charge is -2.01. The molecule has 3 rings (SSSR count). The number of nitro benzene ring substituents is 1. The Morgan fingerprint density at radius 2 is 1.84 bits per heavy atom. The van der Waals surface area contributed by atoms with Gasteiger partial charge in [-0.1, -0.05) is 11.6 Å². The van der Waals surface area contributed by atoms with Crippen LogP contribution in [-0.2, 0) is 0 Å². The third-order valence-corrected chi connectivity index (χ3v) is 4.15. The molecule has 0 saturated heterocycles. The van der Waals surface area contributed by atoms with Crippen LogP contribution in [0.3, 0.4) is 0 Å². The smallest absolute Gasteiger partial charge is 0.270 e. The van der Waals surface area contributed by atoms with Crippen molar-refractivity contribution in [2.45, 2.75) is 6.92 Å². The molecule has 1 heterocycles. The van der Waals surface area contributed by atoms with Crippen molar-refractivity contribution < 1.29 is 4.92 Å². The molecule has 0 bridgehead atoms. The summed E-state index contributed by atoms with van der Waals surface area (Å²) >= 11 is 1.40. The van der Waals surface area contributed by atoms with Crippen molar-refractivity contribution in [3.63, 3.8) is 0 Å². The molecule has 5 heteroatoms. The number of rotatable bonds is 1. The van der Waals surface area contributed by atoms with E-state index in [2.05, 4.69) is 0 Å². The summed E-state index contributed by atoms with van der Waals surface area (Å²) in [5, 5.41) is 12.0. The van der Waals surface area contributed by atoms with Crippen molar-refractivity contribution in [1.82, 2.24) is 0 Å². The van der Waals surface area contributed by atoms with Gasteiger partial charge in [0.15, 0.2) is 5.43 Å². The van der Waals surface area contributed by atoms with Crippen LogP contribution in [0.15, 0.2) is 41.2 Å². The first-order valence-corrected chi connectivity index (χ1v) is 6.49. The third kappa shape index (κ3) is 1.88. The van der Waals surface area contributed by atoms with Crippen LogP contribution in [0, 0.1) is 17.0 Å². The molecule has 0 fully saturated rings. The number of fused-ring (bicyclic) bond motifs is 2. The Morgan fingerprint density at radius 1 is 1.05 bits per heavy atom. The van der Waals surface area contributed by atoms with Gasteiger partial charge in [-0.25, -0.2) is 0 Å². The van der Waals surface area contributed by atoms with Crippen LogP contribution < -0.4 is 5.43 Å². The summed E-state index contributed by atoms with van der Waals surface area (Å²) in [6, 6.07) is 10.0. The zero-order valence-electron chi connectivity index (χ0n) is 10.0. The molecule has 0 aliphatic rings. The maximum atomic E-state index is 12.4. The topological polar surface area (TPSA) is 60.2 Å². The zero-order chi connectivity index (χ0) is 13.6. The number of aryl methyl sites for hydroxylation is 1. The fourth-order valence-electron chi connectivity index (χ4n) is 2.07. The van der Waals surface area contributed by atoms with E-state index < -0.39 is 4.92 Å². The van der Waals surface area contributed by atoms with E-state index in [1.807, 2.05) is 25.1 Å². The molecule has 0 aliphatic carbocycles. The number of nitrogens with zero attached hydrogens (tertiary/aromatic N) is 1. The Labute approximate surface area is 112 Å². The quantitative estimate of drug-likeness (QED) is 0.386. The molecule has 4 nitrogen and oxygen atoms in total. The first-order valence-electron chi connectivity index (χ1n) is 5.68. The molecule has 0 N–H and O–H groups in total. The van der Waals surface area contributed by atoms with Crippen LogP contribution in [-0.4, -0.2) is 4.92 Å². The van der Waals surface area contributed by atoms with E-state index in [9.17, 15) is 14.9 Å². The number of non-ortho nitro benzene ring substituents is 1. The minimum absolute atomic E-state index is 0.00890. The monoisotopic (exact) mass is 271 g/mol. The van der Waals surface area contributed by atoms with Crippen LogP contribution in [0.25, 0.3) is 20.2 Å². The fraction of sp³-hybridized carbons (Fsp3) is 0.0714. The van der Waals surface area contributed by atoms with Crippen molar-refractivity contribution in [2.75, 3.05) is 0 Å². The van der Waals surface area contributed by atoms with Crippen LogP contribution in [0.5, 0.6) is 0 Å². The summed E-state index contributed by atoms with van der Waals surface area (Å²) in [5.74, 6) is 0. The summed E-state index contributed by atoms with van der Waals surface area (Å²) in [6.07, 6.45) is 0. The fourth-order valence-corrected chi connectivity index (χ4v) is 3.16. The second-order valence-electron chi connectivity index (χ2n) is 4.37. The molecular weight excluding hydrogens is 262 g/mol. The average molecular weight is 271 g/mol. The molecule has 0 atom stereocenters. The minimum atomic E-state index is -0.448. The summed E-state index contributed by atoms with van der Waals surface area (Å²) < 4.78 is 1.50. The van der Waals surface area contributed by atoms with Gasteiger partial charge in [-0.05, 0) is 25.1 Å². The van der Waals surface area contributed by atoms with Crippen molar-refractivity contribution in [2.24, 2.45) is 0 Å². The Bertz CT molecular complexity index is 883. The van der Waals surface area contributed by atoms with E-state index in [1.165, 1.54) is 29.5 Å². The Kier molecular flexibility index (Phi) is 2.57. The van der Waals surface area contributed by atoms with Gasteiger partial charge in [0.25, 0.3) is 5.69 Å². The summed E-state index contributed by atoms with van der Waals surface area (Å²) in [6.45, 7) is 1.93. The van der Waals surface area contributed by atoms with Gasteiger partial charge in [0.05, 0.1) is 4.92 Å². The van der Waals surface area contributed by atoms with E-state index in [4.69, 9.17) is 0 Å². The standard InChI is InChI=1S/C14H9NO3S/c1-8-2-5-12-11(6-8)14(16)10-4-3-9(15(17)18)7-13(10)19-12/h2-7H,1H3. The van der Waals surface area contributed by atoms with Crippen LogP contribution >= 0.6 is 11.3 Å². The van der Waals surface area contributed by atoms with E-state index >= 15 is 0 Å². The number of hydrogen-bond donors (Lipinski definition) is 0. The molecule has 0 radical (unpaired) electrons. The molecule has 3 aromatic rings. The van der Waals surface area contributed by atoms with Gasteiger partial charge in [0, 0.05) is 32.3 Å². The normalized spacial score (nSPS) is 11.0. The van der Waals surface area contributed by atoms with E-state index in [0.29, 0.717) is 15.5 Å². The van der Waals surface area contributed by atoms with Gasteiger partial charge in [-0.3, -0.25) is 14.9 Å². The summed E-state index contributed by atoms with van der Waals surface area (Å²) in [7, 11) is 0. The van der Waals surface area contributed by atoms with E-state index in [-0.39, 0.29) is 11.1 Å². The molecule has 1 aromatic heterocycles. The molecule has 2 aromatic carbocycles. The lowest BCUT2D eigenvalue weighted by molar-refractivity contribution is -0.384. The summed E-state index contributed by atoms with van der Waals surface area (Å²) in [5.41, 5.74) is 0.968. The van der Waals surface area contributed by atoms with Gasteiger partial charge in [0.2, 0.25) is 0 Å². The Morgan fingerprint density at radius 3 is 2.58 bits per heavy atom. The minimum Gasteiger partial charge on any atom is -0.289 e. The van der Waals surface area contributed by atoms with Crippen molar-refractivity contribution in [3.05, 3.63) is 62.3 Å². The van der Waals surface area contributed by atoms with Gasteiger partial charge >= 0.3 is 0 Å². The maximum Gasteiger partial charge on any atom is 0.270 e. The number of nitro groups is 1. The molecule has 19 heavy (non-hydrogen) atoms. The average Bonchev–Trinajstić information content (AvgIpc) is 2.39. The predicted molar refractivity (Wildman–Crippen MR) is 77.0 cm³/mol. The van der Waals surface area contributed by atoms with Crippen molar-refractivity contribution in [3.8, 4) is 0 Å².